The lowest BCUT2D eigenvalue weighted by Gasteiger charge is -2.38. The summed E-state index contributed by atoms with van der Waals surface area (Å²) in [5, 5.41) is 9.59. The first-order chi connectivity index (χ1) is 9.29. The third-order valence-corrected chi connectivity index (χ3v) is 2.57. The van der Waals surface area contributed by atoms with Crippen LogP contribution in [0.25, 0.3) is 0 Å². The van der Waals surface area contributed by atoms with Crippen molar-refractivity contribution >= 4 is 17.9 Å². The lowest BCUT2D eigenvalue weighted by atomic mass is 10.0. The Labute approximate surface area is 115 Å². The fourth-order valence-corrected chi connectivity index (χ4v) is 1.91. The zero-order chi connectivity index (χ0) is 15.3. The first-order valence-electron chi connectivity index (χ1n) is 6.11. The summed E-state index contributed by atoms with van der Waals surface area (Å²) in [6.07, 6.45) is -3.95. The number of esters is 3. The van der Waals surface area contributed by atoms with Crippen LogP contribution in [0.2, 0.25) is 0 Å². The Hall–Kier alpha value is -1.67. The van der Waals surface area contributed by atoms with Crippen molar-refractivity contribution in [3.8, 4) is 0 Å². The Morgan fingerprint density at radius 1 is 1.10 bits per heavy atom. The van der Waals surface area contributed by atoms with E-state index in [0.717, 1.165) is 0 Å². The van der Waals surface area contributed by atoms with Gasteiger partial charge in [-0.05, 0) is 0 Å². The standard InChI is InChI=1S/C12H18O8/c1-6(13)17-5-10-12(19-8(3)15)9(18-7(2)14)4-11(16)20-10/h9-12,16H,4-5H2,1-3H3/t9-,10-,11?,12+/m1/s1. The smallest absolute Gasteiger partial charge is 0.303 e. The van der Waals surface area contributed by atoms with Crippen molar-refractivity contribution in [2.24, 2.45) is 0 Å². The maximum absolute atomic E-state index is 11.1. The minimum absolute atomic E-state index is 0.0336. The molecule has 0 saturated carbocycles. The van der Waals surface area contributed by atoms with Crippen LogP contribution in [0.5, 0.6) is 0 Å². The van der Waals surface area contributed by atoms with E-state index in [1.807, 2.05) is 0 Å². The number of hydrogen-bond donors (Lipinski definition) is 1. The van der Waals surface area contributed by atoms with E-state index in [2.05, 4.69) is 0 Å². The number of rotatable bonds is 4. The second-order valence-electron chi connectivity index (χ2n) is 4.39. The summed E-state index contributed by atoms with van der Waals surface area (Å²) in [4.78, 5) is 33.0. The molecule has 1 unspecified atom stereocenters. The van der Waals surface area contributed by atoms with Crippen molar-refractivity contribution in [1.29, 1.82) is 0 Å². The Kier molecular flexibility index (Phi) is 5.90. The SMILES string of the molecule is CC(=O)OC[C@H]1OC(O)C[C@@H](OC(C)=O)[C@@H]1OC(C)=O. The fraction of sp³-hybridized carbons (Fsp3) is 0.750. The number of aliphatic hydroxyl groups excluding tert-OH is 1. The van der Waals surface area contributed by atoms with Crippen LogP contribution in [0, 0.1) is 0 Å². The second kappa shape index (κ2) is 7.20. The van der Waals surface area contributed by atoms with Gasteiger partial charge >= 0.3 is 17.9 Å². The zero-order valence-corrected chi connectivity index (χ0v) is 11.5. The molecule has 0 aromatic rings. The molecule has 114 valence electrons. The maximum atomic E-state index is 11.1. The van der Waals surface area contributed by atoms with Crippen molar-refractivity contribution < 1.29 is 38.4 Å². The topological polar surface area (TPSA) is 108 Å². The molecule has 0 spiro atoms. The molecule has 0 bridgehead atoms. The molecular weight excluding hydrogens is 272 g/mol. The average molecular weight is 290 g/mol. The van der Waals surface area contributed by atoms with Gasteiger partial charge in [-0.3, -0.25) is 14.4 Å². The largest absolute Gasteiger partial charge is 0.463 e. The highest BCUT2D eigenvalue weighted by atomic mass is 16.7. The lowest BCUT2D eigenvalue weighted by molar-refractivity contribution is -0.252. The van der Waals surface area contributed by atoms with E-state index in [1.54, 1.807) is 0 Å². The van der Waals surface area contributed by atoms with Crippen LogP contribution in [-0.2, 0) is 33.3 Å². The van der Waals surface area contributed by atoms with Crippen LogP contribution in [0.1, 0.15) is 27.2 Å². The molecule has 1 aliphatic rings. The van der Waals surface area contributed by atoms with Gasteiger partial charge in [0, 0.05) is 27.2 Å². The highest BCUT2D eigenvalue weighted by Gasteiger charge is 2.43. The average Bonchev–Trinajstić information content (AvgIpc) is 2.28. The highest BCUT2D eigenvalue weighted by molar-refractivity contribution is 5.67. The van der Waals surface area contributed by atoms with E-state index < -0.39 is 42.5 Å². The van der Waals surface area contributed by atoms with Crippen LogP contribution in [0.3, 0.4) is 0 Å². The van der Waals surface area contributed by atoms with Crippen LogP contribution in [-0.4, -0.2) is 54.2 Å². The number of carbonyl (C=O) groups excluding carboxylic acids is 3. The van der Waals surface area contributed by atoms with E-state index in [-0.39, 0.29) is 13.0 Å². The third kappa shape index (κ3) is 5.14. The molecule has 1 aliphatic heterocycles. The summed E-state index contributed by atoms with van der Waals surface area (Å²) >= 11 is 0. The summed E-state index contributed by atoms with van der Waals surface area (Å²) < 4.78 is 20.0. The second-order valence-corrected chi connectivity index (χ2v) is 4.39. The molecule has 1 rings (SSSR count). The summed E-state index contributed by atoms with van der Waals surface area (Å²) in [5.41, 5.74) is 0. The van der Waals surface area contributed by atoms with Crippen LogP contribution in [0.4, 0.5) is 0 Å². The molecule has 0 aromatic heterocycles. The molecule has 1 N–H and O–H groups in total. The molecule has 8 heteroatoms. The fourth-order valence-electron chi connectivity index (χ4n) is 1.91. The summed E-state index contributed by atoms with van der Waals surface area (Å²) in [6, 6.07) is 0. The molecule has 8 nitrogen and oxygen atoms in total. The van der Waals surface area contributed by atoms with E-state index in [0.29, 0.717) is 0 Å². The molecule has 4 atom stereocenters. The molecule has 1 heterocycles. The summed E-state index contributed by atoms with van der Waals surface area (Å²) in [5.74, 6) is -1.72. The molecule has 0 amide bonds. The molecule has 20 heavy (non-hydrogen) atoms. The van der Waals surface area contributed by atoms with Crippen molar-refractivity contribution in [2.75, 3.05) is 6.61 Å². The Bertz CT molecular complexity index is 380. The predicted octanol–water partition coefficient (Wildman–Crippen LogP) is -0.480. The Morgan fingerprint density at radius 3 is 2.20 bits per heavy atom. The normalized spacial score (nSPS) is 29.4. The van der Waals surface area contributed by atoms with Crippen LogP contribution < -0.4 is 0 Å². The predicted molar refractivity (Wildman–Crippen MR) is 63.2 cm³/mol. The Morgan fingerprint density at radius 2 is 1.70 bits per heavy atom. The van der Waals surface area contributed by atoms with Gasteiger partial charge in [-0.1, -0.05) is 0 Å². The van der Waals surface area contributed by atoms with Gasteiger partial charge in [-0.25, -0.2) is 0 Å². The first-order valence-corrected chi connectivity index (χ1v) is 6.11. The molecule has 1 saturated heterocycles. The molecule has 0 aliphatic carbocycles. The van der Waals surface area contributed by atoms with Gasteiger partial charge in [0.1, 0.15) is 18.8 Å². The van der Waals surface area contributed by atoms with E-state index in [9.17, 15) is 19.5 Å². The van der Waals surface area contributed by atoms with Crippen LogP contribution >= 0.6 is 0 Å². The van der Waals surface area contributed by atoms with E-state index >= 15 is 0 Å². The van der Waals surface area contributed by atoms with Gasteiger partial charge in [0.2, 0.25) is 0 Å². The van der Waals surface area contributed by atoms with Crippen molar-refractivity contribution in [3.63, 3.8) is 0 Å². The molecular formula is C12H18O8. The van der Waals surface area contributed by atoms with Gasteiger partial charge in [-0.15, -0.1) is 0 Å². The number of carbonyl (C=O) groups is 3. The summed E-state index contributed by atoms with van der Waals surface area (Å²) in [6.45, 7) is 3.39. The Balaban J connectivity index is 2.82. The zero-order valence-electron chi connectivity index (χ0n) is 11.5. The van der Waals surface area contributed by atoms with Crippen LogP contribution in [0.15, 0.2) is 0 Å². The molecule has 1 fully saturated rings. The van der Waals surface area contributed by atoms with E-state index in [1.165, 1.54) is 20.8 Å². The molecule has 0 radical (unpaired) electrons. The van der Waals surface area contributed by atoms with Crippen molar-refractivity contribution in [1.82, 2.24) is 0 Å². The first kappa shape index (κ1) is 16.4. The number of hydrogen-bond acceptors (Lipinski definition) is 8. The van der Waals surface area contributed by atoms with Crippen molar-refractivity contribution in [3.05, 3.63) is 0 Å². The lowest BCUT2D eigenvalue weighted by Crippen LogP contribution is -2.53. The minimum Gasteiger partial charge on any atom is -0.463 e. The third-order valence-electron chi connectivity index (χ3n) is 2.57. The van der Waals surface area contributed by atoms with Gasteiger partial charge in [0.05, 0.1) is 0 Å². The number of ether oxygens (including phenoxy) is 4. The highest BCUT2D eigenvalue weighted by Crippen LogP contribution is 2.25. The monoisotopic (exact) mass is 290 g/mol. The van der Waals surface area contributed by atoms with Gasteiger partial charge in [-0.2, -0.15) is 0 Å². The van der Waals surface area contributed by atoms with Gasteiger partial charge in [0.25, 0.3) is 0 Å². The van der Waals surface area contributed by atoms with E-state index in [4.69, 9.17) is 18.9 Å². The molecule has 0 aromatic carbocycles. The maximum Gasteiger partial charge on any atom is 0.303 e. The van der Waals surface area contributed by atoms with Crippen molar-refractivity contribution in [2.45, 2.75) is 51.8 Å². The van der Waals surface area contributed by atoms with Gasteiger partial charge < -0.3 is 24.1 Å². The summed E-state index contributed by atoms with van der Waals surface area (Å²) in [7, 11) is 0. The number of aliphatic hydroxyl groups is 1. The van der Waals surface area contributed by atoms with Gasteiger partial charge in [0.15, 0.2) is 12.4 Å². The quantitative estimate of drug-likeness (QED) is 0.546. The minimum atomic E-state index is -1.20.